The maximum atomic E-state index is 13.8. The summed E-state index contributed by atoms with van der Waals surface area (Å²) in [5.74, 6) is 0.976. The van der Waals surface area contributed by atoms with Gasteiger partial charge in [-0.2, -0.15) is 23.5 Å². The minimum absolute atomic E-state index is 0.0371. The van der Waals surface area contributed by atoms with Gasteiger partial charge in [0.15, 0.2) is 5.69 Å². The second-order valence-electron chi connectivity index (χ2n) is 11.1. The molecule has 0 radical (unpaired) electrons. The lowest BCUT2D eigenvalue weighted by Gasteiger charge is -2.47. The minimum Gasteiger partial charge on any atom is -0.371 e. The Morgan fingerprint density at radius 2 is 1.85 bits per heavy atom. The van der Waals surface area contributed by atoms with Crippen molar-refractivity contribution in [3.63, 3.8) is 0 Å². The number of rotatable bonds is 4. The summed E-state index contributed by atoms with van der Waals surface area (Å²) in [7, 11) is 1.85. The van der Waals surface area contributed by atoms with Crippen molar-refractivity contribution in [2.45, 2.75) is 44.2 Å². The number of allylic oxidation sites excluding steroid dienone is 2. The Morgan fingerprint density at radius 1 is 1.10 bits per heavy atom. The monoisotopic (exact) mass is 529 g/mol. The summed E-state index contributed by atoms with van der Waals surface area (Å²) in [5, 5.41) is 18.7. The fourth-order valence-electron chi connectivity index (χ4n) is 6.29. The number of piperidine rings is 1. The van der Waals surface area contributed by atoms with Gasteiger partial charge in [-0.1, -0.05) is 29.4 Å². The summed E-state index contributed by atoms with van der Waals surface area (Å²) in [5.41, 5.74) is 4.04. The molecule has 6 nitrogen and oxygen atoms in total. The zero-order valence-corrected chi connectivity index (χ0v) is 21.4. The average molecular weight is 530 g/mol. The van der Waals surface area contributed by atoms with Crippen LogP contribution in [0.15, 0.2) is 53.1 Å². The fourth-order valence-corrected chi connectivity index (χ4v) is 6.29. The van der Waals surface area contributed by atoms with Crippen LogP contribution in [0.25, 0.3) is 27.7 Å². The number of nitrogens with zero attached hydrogens (tertiary/aromatic N) is 5. The van der Waals surface area contributed by atoms with E-state index >= 15 is 0 Å². The molecule has 1 saturated carbocycles. The van der Waals surface area contributed by atoms with E-state index < -0.39 is 11.7 Å². The molecule has 2 aromatic carbocycles. The Hall–Kier alpha value is -4.06. The first kappa shape index (κ1) is 24.0. The quantitative estimate of drug-likeness (QED) is 0.283. The van der Waals surface area contributed by atoms with Gasteiger partial charge in [0.25, 0.3) is 0 Å². The normalized spacial score (nSPS) is 18.7. The number of halogens is 3. The van der Waals surface area contributed by atoms with Crippen LogP contribution < -0.4 is 4.90 Å². The first-order valence-electron chi connectivity index (χ1n) is 13.3. The van der Waals surface area contributed by atoms with Crippen LogP contribution in [0.2, 0.25) is 0 Å². The molecule has 1 aliphatic heterocycles. The van der Waals surface area contributed by atoms with Crippen LogP contribution in [0, 0.1) is 16.7 Å². The van der Waals surface area contributed by atoms with Crippen molar-refractivity contribution in [1.29, 1.82) is 5.26 Å². The number of nitriles is 1. The van der Waals surface area contributed by atoms with Gasteiger partial charge in [-0.3, -0.25) is 4.68 Å². The van der Waals surface area contributed by atoms with Crippen molar-refractivity contribution in [3.05, 3.63) is 71.1 Å². The summed E-state index contributed by atoms with van der Waals surface area (Å²) >= 11 is 0. The van der Waals surface area contributed by atoms with Gasteiger partial charge >= 0.3 is 6.18 Å². The number of aryl methyl sites for hydroxylation is 1. The van der Waals surface area contributed by atoms with Crippen LogP contribution in [0.1, 0.15) is 60.6 Å². The van der Waals surface area contributed by atoms with Crippen LogP contribution in [0.3, 0.4) is 0 Å². The van der Waals surface area contributed by atoms with Gasteiger partial charge in [0.2, 0.25) is 0 Å². The lowest BCUT2D eigenvalue weighted by Crippen LogP contribution is -2.42. The van der Waals surface area contributed by atoms with E-state index in [1.165, 1.54) is 12.1 Å². The number of anilines is 1. The number of alkyl halides is 3. The largest absolute Gasteiger partial charge is 0.417 e. The number of hydrogen-bond donors (Lipinski definition) is 0. The predicted molar refractivity (Wildman–Crippen MR) is 141 cm³/mol. The van der Waals surface area contributed by atoms with Crippen LogP contribution in [0.4, 0.5) is 18.9 Å². The van der Waals surface area contributed by atoms with Gasteiger partial charge in [0.1, 0.15) is 17.5 Å². The summed E-state index contributed by atoms with van der Waals surface area (Å²) in [6.07, 6.45) is 2.49. The molecule has 0 atom stereocenters. The molecule has 2 aromatic heterocycles. The Labute approximate surface area is 223 Å². The van der Waals surface area contributed by atoms with E-state index in [-0.39, 0.29) is 16.9 Å². The molecule has 0 N–H and O–H groups in total. The van der Waals surface area contributed by atoms with E-state index in [1.807, 2.05) is 19.2 Å². The smallest absolute Gasteiger partial charge is 0.371 e. The summed E-state index contributed by atoms with van der Waals surface area (Å²) in [6.45, 7) is 1.75. The fraction of sp³-hybridized carbons (Fsp3) is 0.367. The molecular formula is C30H26F3N5O. The number of aromatic nitrogens is 3. The zero-order valence-electron chi connectivity index (χ0n) is 21.4. The third-order valence-corrected chi connectivity index (χ3v) is 8.56. The Balaban J connectivity index is 1.16. The second kappa shape index (κ2) is 8.47. The van der Waals surface area contributed by atoms with Gasteiger partial charge in [0.05, 0.1) is 11.1 Å². The minimum atomic E-state index is -4.47. The number of hydrogen-bond acceptors (Lipinski definition) is 5. The molecule has 1 saturated heterocycles. The molecule has 2 fully saturated rings. The second-order valence-corrected chi connectivity index (χ2v) is 11.1. The van der Waals surface area contributed by atoms with Gasteiger partial charge in [-0.15, -0.1) is 0 Å². The van der Waals surface area contributed by atoms with Crippen molar-refractivity contribution in [3.8, 4) is 17.3 Å². The topological polar surface area (TPSA) is 70.9 Å². The van der Waals surface area contributed by atoms with Gasteiger partial charge in [-0.25, -0.2) is 0 Å². The predicted octanol–water partition coefficient (Wildman–Crippen LogP) is 7.07. The number of fused-ring (bicyclic) bond motifs is 1. The highest BCUT2D eigenvalue weighted by atomic mass is 19.4. The van der Waals surface area contributed by atoms with Crippen molar-refractivity contribution >= 4 is 22.2 Å². The summed E-state index contributed by atoms with van der Waals surface area (Å²) in [4.78, 5) is 2.36. The maximum absolute atomic E-state index is 13.8. The molecule has 198 valence electrons. The summed E-state index contributed by atoms with van der Waals surface area (Å²) < 4.78 is 49.0. The van der Waals surface area contributed by atoms with Crippen molar-refractivity contribution in [2.24, 2.45) is 12.5 Å². The standard InChI is InChI=1S/C30H26F3N5O/c1-37-25-14-20(8-9-22(25)24(17-34)35-37)38-12-10-29(11-13-38)15-19(16-29)26-27(36-39-28(26)18-6-7-18)21-4-2-3-5-23(21)30(31,32)33/h2-5,8-9,14-15,18H,6-7,10-13,16H2,1H3. The van der Waals surface area contributed by atoms with E-state index in [4.69, 9.17) is 4.52 Å². The van der Waals surface area contributed by atoms with Gasteiger partial charge < -0.3 is 9.42 Å². The molecule has 3 heterocycles. The van der Waals surface area contributed by atoms with Gasteiger partial charge in [-0.05, 0) is 67.4 Å². The molecule has 0 bridgehead atoms. The van der Waals surface area contributed by atoms with Crippen LogP contribution in [-0.4, -0.2) is 28.0 Å². The third kappa shape index (κ3) is 3.92. The maximum Gasteiger partial charge on any atom is 0.417 e. The molecule has 0 unspecified atom stereocenters. The summed E-state index contributed by atoms with van der Waals surface area (Å²) in [6, 6.07) is 13.9. The highest BCUT2D eigenvalue weighted by molar-refractivity contribution is 5.88. The Kier molecular flexibility index (Phi) is 5.21. The van der Waals surface area contributed by atoms with Crippen LogP contribution >= 0.6 is 0 Å². The van der Waals surface area contributed by atoms with E-state index in [1.54, 1.807) is 10.7 Å². The van der Waals surface area contributed by atoms with Crippen molar-refractivity contribution < 1.29 is 17.7 Å². The van der Waals surface area contributed by atoms with E-state index in [9.17, 15) is 18.4 Å². The molecule has 3 aliphatic rings. The molecule has 2 aliphatic carbocycles. The third-order valence-electron chi connectivity index (χ3n) is 8.56. The van der Waals surface area contributed by atoms with E-state index in [0.29, 0.717) is 11.4 Å². The molecule has 9 heteroatoms. The van der Waals surface area contributed by atoms with Crippen LogP contribution in [-0.2, 0) is 13.2 Å². The molecule has 4 aromatic rings. The molecule has 7 rings (SSSR count). The molecule has 39 heavy (non-hydrogen) atoms. The van der Waals surface area contributed by atoms with E-state index in [0.717, 1.165) is 84.7 Å². The van der Waals surface area contributed by atoms with E-state index in [2.05, 4.69) is 33.4 Å². The van der Waals surface area contributed by atoms with Crippen molar-refractivity contribution in [1.82, 2.24) is 14.9 Å². The molecule has 1 spiro atoms. The Bertz CT molecular complexity index is 1680. The first-order valence-corrected chi connectivity index (χ1v) is 13.3. The average Bonchev–Trinajstić information content (AvgIpc) is 3.59. The SMILES string of the molecule is Cn1nc(C#N)c2ccc(N3CCC4(C=C(c5c(-c6ccccc6C(F)(F)F)noc5C5CC5)C4)CC3)cc21. The highest BCUT2D eigenvalue weighted by Crippen LogP contribution is 2.56. The highest BCUT2D eigenvalue weighted by Gasteiger charge is 2.45. The number of benzene rings is 2. The zero-order chi connectivity index (χ0) is 26.9. The lowest BCUT2D eigenvalue weighted by molar-refractivity contribution is -0.137. The first-order chi connectivity index (χ1) is 18.8. The molecular weight excluding hydrogens is 503 g/mol. The van der Waals surface area contributed by atoms with Crippen LogP contribution in [0.5, 0.6) is 0 Å². The van der Waals surface area contributed by atoms with Crippen molar-refractivity contribution in [2.75, 3.05) is 18.0 Å². The van der Waals surface area contributed by atoms with Gasteiger partial charge in [0, 0.05) is 48.3 Å². The lowest BCUT2D eigenvalue weighted by atomic mass is 9.63. The Morgan fingerprint density at radius 3 is 2.54 bits per heavy atom. The molecule has 0 amide bonds.